The first-order valence-corrected chi connectivity index (χ1v) is 3.21. The van der Waals surface area contributed by atoms with Gasteiger partial charge in [-0.2, -0.15) is 4.79 Å². The molecule has 1 aliphatic heterocycles. The number of hydrogen-bond acceptors (Lipinski definition) is 2. The topological polar surface area (TPSA) is 86.1 Å². The molecule has 0 fully saturated rings. The highest BCUT2D eigenvalue weighted by Gasteiger charge is 2.23. The van der Waals surface area contributed by atoms with E-state index in [1.54, 1.807) is 0 Å². The van der Waals surface area contributed by atoms with Gasteiger partial charge in [0.2, 0.25) is 0 Å². The zero-order valence-corrected chi connectivity index (χ0v) is 5.77. The Balaban J connectivity index is 2.68. The molecule has 1 rings (SSSR count). The zero-order valence-electron chi connectivity index (χ0n) is 5.77. The highest BCUT2D eigenvalue weighted by Crippen LogP contribution is 2.11. The maximum Gasteiger partial charge on any atom is 0.328 e. The van der Waals surface area contributed by atoms with Gasteiger partial charge in [0.15, 0.2) is 0 Å². The second-order valence-corrected chi connectivity index (χ2v) is 2.26. The van der Waals surface area contributed by atoms with Gasteiger partial charge in [0, 0.05) is 0 Å². The molecule has 1 heterocycles. The van der Waals surface area contributed by atoms with Gasteiger partial charge in [0.1, 0.15) is 11.8 Å². The minimum atomic E-state index is -0.925. The summed E-state index contributed by atoms with van der Waals surface area (Å²) in [5.74, 6) is -0.925. The van der Waals surface area contributed by atoms with Crippen molar-refractivity contribution in [2.24, 2.45) is 4.99 Å². The molecule has 0 unspecified atom stereocenters. The second kappa shape index (κ2) is 3.07. The Kier molecular flexibility index (Phi) is 2.13. The van der Waals surface area contributed by atoms with E-state index in [1.165, 1.54) is 6.21 Å². The Morgan fingerprint density at radius 1 is 1.91 bits per heavy atom. The van der Waals surface area contributed by atoms with Gasteiger partial charge < -0.3 is 10.6 Å². The number of nitrogens with zero attached hydrogens (tertiary/aromatic N) is 3. The third kappa shape index (κ3) is 1.72. The Bertz CT molecular complexity index is 253. The van der Waals surface area contributed by atoms with Gasteiger partial charge in [0.05, 0.1) is 0 Å². The lowest BCUT2D eigenvalue weighted by molar-refractivity contribution is -0.138. The van der Waals surface area contributed by atoms with E-state index < -0.39 is 12.0 Å². The highest BCUT2D eigenvalue weighted by molar-refractivity contribution is 6.29. The summed E-state index contributed by atoms with van der Waals surface area (Å²) in [6.07, 6.45) is 2.24. The Hall–Kier alpha value is -1.48. The summed E-state index contributed by atoms with van der Waals surface area (Å²) in [5, 5.41) is 8.49. The molecule has 11 heavy (non-hydrogen) atoms. The molecule has 0 aromatic heterocycles. The van der Waals surface area contributed by atoms with Gasteiger partial charge >= 0.3 is 12.2 Å². The molecule has 0 saturated carbocycles. The number of carboxylic acid groups (broad SMARTS) is 1. The van der Waals surface area contributed by atoms with E-state index >= 15 is 0 Å². The molecule has 0 aliphatic carbocycles. The summed E-state index contributed by atoms with van der Waals surface area (Å²) in [4.78, 5) is 16.9. The first-order valence-electron chi connectivity index (χ1n) is 3.21. The lowest BCUT2D eigenvalue weighted by Crippen LogP contribution is -2.13. The van der Waals surface area contributed by atoms with E-state index in [9.17, 15) is 4.79 Å². The summed E-state index contributed by atoms with van der Waals surface area (Å²) in [7, 11) is 0. The Morgan fingerprint density at radius 2 is 2.64 bits per heavy atom. The maximum atomic E-state index is 10.3. The van der Waals surface area contributed by atoms with Crippen LogP contribution in [0.2, 0.25) is 0 Å². The van der Waals surface area contributed by atoms with Gasteiger partial charge in [-0.05, 0) is 12.8 Å². The molecular weight excluding hydrogens is 146 g/mol. The number of carbonyl (C=O) groups is 1. The summed E-state index contributed by atoms with van der Waals surface area (Å²) in [6, 6.07) is -0.650. The van der Waals surface area contributed by atoms with Crippen molar-refractivity contribution < 1.29 is 14.7 Å². The molecule has 1 atom stereocenters. The standard InChI is InChI=1S/C6H7N3O2/c7-8-3-4-1-2-5(9-4)6(10)11/h3,5H,1-2H2,(H,10,11)/t5-/m0/s1. The molecule has 0 aromatic rings. The predicted octanol–water partition coefficient (Wildman–Crippen LogP) is -0.0250. The smallest absolute Gasteiger partial charge is 0.328 e. The minimum Gasteiger partial charge on any atom is -0.480 e. The van der Waals surface area contributed by atoms with Crippen molar-refractivity contribution >= 4 is 17.9 Å². The van der Waals surface area contributed by atoms with E-state index in [2.05, 4.69) is 9.78 Å². The van der Waals surface area contributed by atoms with Gasteiger partial charge in [-0.3, -0.25) is 4.99 Å². The highest BCUT2D eigenvalue weighted by atomic mass is 16.4. The van der Waals surface area contributed by atoms with E-state index in [0.717, 1.165) is 0 Å². The molecule has 58 valence electrons. The summed E-state index contributed by atoms with van der Waals surface area (Å²) in [5.41, 5.74) is 8.63. The molecule has 0 saturated heterocycles. The van der Waals surface area contributed by atoms with Crippen molar-refractivity contribution in [2.75, 3.05) is 0 Å². The van der Waals surface area contributed by atoms with E-state index in [0.29, 0.717) is 18.6 Å². The van der Waals surface area contributed by atoms with Crippen molar-refractivity contribution in [1.29, 1.82) is 0 Å². The van der Waals surface area contributed by atoms with Crippen molar-refractivity contribution in [3.63, 3.8) is 0 Å². The molecule has 1 N–H and O–H groups in total. The number of rotatable bonds is 2. The van der Waals surface area contributed by atoms with Crippen LogP contribution in [0.4, 0.5) is 0 Å². The molecule has 0 bridgehead atoms. The summed E-state index contributed by atoms with van der Waals surface area (Å²) < 4.78 is 0. The molecule has 1 aliphatic rings. The van der Waals surface area contributed by atoms with Crippen LogP contribution in [0.25, 0.3) is 5.53 Å². The van der Waals surface area contributed by atoms with Crippen LogP contribution >= 0.6 is 0 Å². The number of carboxylic acids is 1. The molecular formula is C6H7N3O2. The van der Waals surface area contributed by atoms with E-state index in [1.807, 2.05) is 0 Å². The third-order valence-electron chi connectivity index (χ3n) is 1.49. The lowest BCUT2D eigenvalue weighted by atomic mass is 10.2. The van der Waals surface area contributed by atoms with Crippen molar-refractivity contribution in [3.8, 4) is 0 Å². The molecule has 0 spiro atoms. The number of aliphatic carboxylic acids is 1. The van der Waals surface area contributed by atoms with Gasteiger partial charge in [-0.25, -0.2) is 4.79 Å². The van der Waals surface area contributed by atoms with E-state index in [-0.39, 0.29) is 0 Å². The second-order valence-electron chi connectivity index (χ2n) is 2.26. The fourth-order valence-corrected chi connectivity index (χ4v) is 0.957. The quantitative estimate of drug-likeness (QED) is 0.343. The van der Waals surface area contributed by atoms with Crippen LogP contribution in [-0.2, 0) is 4.79 Å². The van der Waals surface area contributed by atoms with Crippen molar-refractivity contribution in [1.82, 2.24) is 0 Å². The first-order chi connectivity index (χ1) is 5.24. The van der Waals surface area contributed by atoms with Crippen LogP contribution in [0.15, 0.2) is 4.99 Å². The number of hydrogen-bond donors (Lipinski definition) is 1. The van der Waals surface area contributed by atoms with Gasteiger partial charge in [0.25, 0.3) is 0 Å². The van der Waals surface area contributed by atoms with Crippen molar-refractivity contribution in [2.45, 2.75) is 18.9 Å². The average Bonchev–Trinajstić information content (AvgIpc) is 2.37. The SMILES string of the molecule is [N-]=[N+]=CC1=N[C@H](C(=O)O)CC1. The fourth-order valence-electron chi connectivity index (χ4n) is 0.957. The largest absolute Gasteiger partial charge is 0.480 e. The Labute approximate surface area is 63.0 Å². The normalized spacial score (nSPS) is 22.2. The van der Waals surface area contributed by atoms with Crippen LogP contribution in [-0.4, -0.2) is 33.8 Å². The summed E-state index contributed by atoms with van der Waals surface area (Å²) >= 11 is 0. The number of aliphatic imine (C=N–C) groups is 1. The van der Waals surface area contributed by atoms with Gasteiger partial charge in [-0.1, -0.05) is 0 Å². The summed E-state index contributed by atoms with van der Waals surface area (Å²) in [6.45, 7) is 0. The lowest BCUT2D eigenvalue weighted by Gasteiger charge is -1.94. The van der Waals surface area contributed by atoms with Crippen molar-refractivity contribution in [3.05, 3.63) is 5.53 Å². The molecule has 0 radical (unpaired) electrons. The van der Waals surface area contributed by atoms with Crippen LogP contribution in [0.1, 0.15) is 12.8 Å². The van der Waals surface area contributed by atoms with E-state index in [4.69, 9.17) is 10.6 Å². The average molecular weight is 153 g/mol. The predicted molar refractivity (Wildman–Crippen MR) is 37.8 cm³/mol. The Morgan fingerprint density at radius 3 is 3.09 bits per heavy atom. The third-order valence-corrected chi connectivity index (χ3v) is 1.49. The van der Waals surface area contributed by atoms with Gasteiger partial charge in [-0.15, -0.1) is 0 Å². The molecule has 5 heteroatoms. The minimum absolute atomic E-state index is 0.497. The molecule has 0 amide bonds. The van der Waals surface area contributed by atoms with Crippen LogP contribution < -0.4 is 0 Å². The first kappa shape index (κ1) is 7.63. The monoisotopic (exact) mass is 153 g/mol. The molecule has 0 aromatic carbocycles. The van der Waals surface area contributed by atoms with Crippen LogP contribution in [0, 0.1) is 0 Å². The fraction of sp³-hybridized carbons (Fsp3) is 0.500. The van der Waals surface area contributed by atoms with Crippen LogP contribution in [0.5, 0.6) is 0 Å². The molecule has 5 nitrogen and oxygen atoms in total. The zero-order chi connectivity index (χ0) is 8.27. The maximum absolute atomic E-state index is 10.3. The van der Waals surface area contributed by atoms with Crippen LogP contribution in [0.3, 0.4) is 0 Å².